The third kappa shape index (κ3) is 16600. The molecule has 1 unspecified atom stereocenters. The second-order valence-corrected chi connectivity index (χ2v) is 3.33. The molecule has 86 valence electrons. The van der Waals surface area contributed by atoms with Gasteiger partial charge in [0.2, 0.25) is 0 Å². The van der Waals surface area contributed by atoms with Crippen LogP contribution in [0.5, 0.6) is 0 Å². The maximum absolute atomic E-state index is 8.56. The molecule has 1 N–H and O–H groups in total. The largest absolute Gasteiger partial charge is 0.750 e. The lowest BCUT2D eigenvalue weighted by atomic mass is 11.0. The zero-order valence-corrected chi connectivity index (χ0v) is 10.6. The average Bonchev–Trinajstić information content (AvgIpc) is 1.54. The summed E-state index contributed by atoms with van der Waals surface area (Å²) in [5.41, 5.74) is 0. The van der Waals surface area contributed by atoms with Gasteiger partial charge in [0.25, 0.3) is 0 Å². The molecule has 1 atom stereocenters. The Morgan fingerprint density at radius 1 is 1.00 bits per heavy atom. The van der Waals surface area contributed by atoms with Crippen LogP contribution in [0.25, 0.3) is 0 Å². The second kappa shape index (κ2) is 18.1. The Morgan fingerprint density at radius 2 is 1.00 bits per heavy atom. The predicted molar refractivity (Wildman–Crippen MR) is 58.0 cm³/mol. The topological polar surface area (TPSA) is 66.8 Å². The molecule has 0 heterocycles. The Morgan fingerprint density at radius 3 is 1.00 bits per heavy atom. The van der Waals surface area contributed by atoms with Crippen molar-refractivity contribution in [2.45, 2.75) is 0 Å². The van der Waals surface area contributed by atoms with Crippen LogP contribution in [0.15, 0.2) is 0 Å². The molecule has 0 spiro atoms. The van der Waals surface area contributed by atoms with Crippen LogP contribution in [0.3, 0.4) is 0 Å². The van der Waals surface area contributed by atoms with Crippen LogP contribution in [0.1, 0.15) is 0 Å². The van der Waals surface area contributed by atoms with Gasteiger partial charge in [-0.2, -0.15) is 0 Å². The van der Waals surface area contributed by atoms with Gasteiger partial charge in [0.15, 0.2) is 0 Å². The van der Waals surface area contributed by atoms with E-state index >= 15 is 0 Å². The van der Waals surface area contributed by atoms with Crippen molar-refractivity contribution in [3.05, 3.63) is 0 Å². The molecular weight excluding hydrogens is 216 g/mol. The lowest BCUT2D eigenvalue weighted by Crippen LogP contribution is -1.99. The average molecular weight is 236 g/mol. The summed E-state index contributed by atoms with van der Waals surface area (Å²) in [5.74, 6) is 0. The molecule has 0 bridgehead atoms. The fourth-order valence-corrected chi connectivity index (χ4v) is 0. The molecule has 0 aromatic rings. The third-order valence-corrected chi connectivity index (χ3v) is 0. The van der Waals surface area contributed by atoms with Gasteiger partial charge in [0.1, 0.15) is 0 Å². The molecule has 7 heteroatoms. The molecule has 0 amide bonds. The quantitative estimate of drug-likeness (QED) is 0.604. The van der Waals surface area contributed by atoms with Crippen molar-refractivity contribution in [1.82, 2.24) is 9.80 Å². The minimum atomic E-state index is -2.86. The number of halogens is 1. The number of rotatable bonds is 0. The molecule has 0 aliphatic heterocycles. The van der Waals surface area contributed by atoms with Crippen molar-refractivity contribution >= 4 is 23.8 Å². The van der Waals surface area contributed by atoms with Gasteiger partial charge in [0, 0.05) is 0 Å². The fraction of sp³-hybridized carbons (Fsp3) is 1.00. The SMILES string of the molecule is CN(C)C.CN(C)C.Cl.O=S([O-])O. The van der Waals surface area contributed by atoms with E-state index in [1.807, 2.05) is 52.1 Å². The summed E-state index contributed by atoms with van der Waals surface area (Å²) in [5, 5.41) is 0. The molecule has 0 aliphatic carbocycles. The van der Waals surface area contributed by atoms with E-state index in [4.69, 9.17) is 13.3 Å². The van der Waals surface area contributed by atoms with Gasteiger partial charge in [-0.25, -0.2) is 4.21 Å². The lowest BCUT2D eigenvalue weighted by molar-refractivity contribution is 0.436. The van der Waals surface area contributed by atoms with Gasteiger partial charge < -0.3 is 18.9 Å². The first kappa shape index (κ1) is 23.3. The van der Waals surface area contributed by atoms with Crippen LogP contribution in [-0.2, 0) is 11.4 Å². The first-order valence-electron chi connectivity index (χ1n) is 3.20. The Balaban J connectivity index is -0.0000000450. The van der Waals surface area contributed by atoms with Gasteiger partial charge in [-0.1, -0.05) is 0 Å². The standard InChI is InChI=1S/2C3H9N.ClH.H2O3S/c2*1-4(2)3;;1-4(2)3/h2*1-3H3;1H;(H2,1,2,3)/p-1. The predicted octanol–water partition coefficient (Wildman–Crippen LogP) is 0.116. The minimum Gasteiger partial charge on any atom is -0.750 e. The van der Waals surface area contributed by atoms with E-state index in [1.54, 1.807) is 0 Å². The second-order valence-electron chi connectivity index (χ2n) is 2.90. The van der Waals surface area contributed by atoms with E-state index in [0.29, 0.717) is 0 Å². The highest BCUT2D eigenvalue weighted by Crippen LogP contribution is 1.48. The fourth-order valence-electron chi connectivity index (χ4n) is 0. The van der Waals surface area contributed by atoms with Crippen molar-refractivity contribution in [2.75, 3.05) is 42.3 Å². The Bertz CT molecular complexity index is 88.4. The summed E-state index contributed by atoms with van der Waals surface area (Å²) in [6.07, 6.45) is 0. The molecular formula is C6H20ClN2O3S-. The molecule has 0 saturated heterocycles. The van der Waals surface area contributed by atoms with Crippen LogP contribution in [-0.4, -0.2) is 65.4 Å². The van der Waals surface area contributed by atoms with Crippen LogP contribution < -0.4 is 0 Å². The van der Waals surface area contributed by atoms with Crippen molar-refractivity contribution in [3.8, 4) is 0 Å². The highest BCUT2D eigenvalue weighted by Gasteiger charge is 1.58. The molecule has 0 saturated carbocycles. The number of hydrogen-bond donors (Lipinski definition) is 1. The summed E-state index contributed by atoms with van der Waals surface area (Å²) in [6.45, 7) is 0. The maximum atomic E-state index is 8.56. The summed E-state index contributed by atoms with van der Waals surface area (Å²) in [6, 6.07) is 0. The van der Waals surface area contributed by atoms with Crippen LogP contribution >= 0.6 is 12.4 Å². The third-order valence-electron chi connectivity index (χ3n) is 0. The summed E-state index contributed by atoms with van der Waals surface area (Å²) < 4.78 is 24.1. The molecule has 0 aromatic heterocycles. The van der Waals surface area contributed by atoms with Crippen molar-refractivity contribution in [3.63, 3.8) is 0 Å². The van der Waals surface area contributed by atoms with Gasteiger partial charge in [0.05, 0.1) is 11.4 Å². The molecule has 0 radical (unpaired) electrons. The Labute approximate surface area is 89.6 Å². The summed E-state index contributed by atoms with van der Waals surface area (Å²) in [7, 11) is 12.0. The molecule has 0 aliphatic rings. The highest BCUT2D eigenvalue weighted by molar-refractivity contribution is 7.73. The van der Waals surface area contributed by atoms with Crippen LogP contribution in [0.4, 0.5) is 0 Å². The zero-order valence-electron chi connectivity index (χ0n) is 8.97. The van der Waals surface area contributed by atoms with E-state index in [2.05, 4.69) is 0 Å². The molecule has 5 nitrogen and oxygen atoms in total. The maximum Gasteiger partial charge on any atom is 0.0814 e. The number of hydrogen-bond acceptors (Lipinski definition) is 4. The van der Waals surface area contributed by atoms with Crippen molar-refractivity contribution < 1.29 is 13.3 Å². The molecule has 0 fully saturated rings. The van der Waals surface area contributed by atoms with Crippen molar-refractivity contribution in [1.29, 1.82) is 0 Å². The highest BCUT2D eigenvalue weighted by atomic mass is 35.5. The Hall–Kier alpha value is 0.280. The zero-order chi connectivity index (χ0) is 10.7. The summed E-state index contributed by atoms with van der Waals surface area (Å²) in [4.78, 5) is 4.00. The Kier molecular flexibility index (Phi) is 32.5. The van der Waals surface area contributed by atoms with Crippen LogP contribution in [0.2, 0.25) is 0 Å². The van der Waals surface area contributed by atoms with Crippen LogP contribution in [0, 0.1) is 0 Å². The smallest absolute Gasteiger partial charge is 0.0814 e. The lowest BCUT2D eigenvalue weighted by Gasteiger charge is -1.90. The monoisotopic (exact) mass is 235 g/mol. The molecule has 0 rings (SSSR count). The molecule has 13 heavy (non-hydrogen) atoms. The van der Waals surface area contributed by atoms with E-state index < -0.39 is 11.4 Å². The van der Waals surface area contributed by atoms with E-state index in [-0.39, 0.29) is 12.4 Å². The minimum absolute atomic E-state index is 0. The van der Waals surface area contributed by atoms with E-state index in [9.17, 15) is 0 Å². The van der Waals surface area contributed by atoms with E-state index in [1.165, 1.54) is 0 Å². The first-order chi connectivity index (χ1) is 5.20. The first-order valence-corrected chi connectivity index (χ1v) is 4.23. The van der Waals surface area contributed by atoms with Crippen molar-refractivity contribution in [2.24, 2.45) is 0 Å². The van der Waals surface area contributed by atoms with Gasteiger partial charge in [-0.15, -0.1) is 12.4 Å². The summed E-state index contributed by atoms with van der Waals surface area (Å²) >= 11 is -2.86. The van der Waals surface area contributed by atoms with Gasteiger partial charge in [-0.3, -0.25) is 0 Å². The van der Waals surface area contributed by atoms with E-state index in [0.717, 1.165) is 0 Å². The van der Waals surface area contributed by atoms with Gasteiger partial charge >= 0.3 is 0 Å². The number of nitrogens with zero attached hydrogens (tertiary/aromatic N) is 2. The van der Waals surface area contributed by atoms with Gasteiger partial charge in [-0.05, 0) is 42.3 Å². The molecule has 0 aromatic carbocycles. The normalized spacial score (nSPS) is 10.3.